The highest BCUT2D eigenvalue weighted by molar-refractivity contribution is 6.05. The van der Waals surface area contributed by atoms with E-state index in [0.29, 0.717) is 22.6 Å². The molecule has 4 rings (SSSR count). The molecule has 1 amide bonds. The third kappa shape index (κ3) is 4.65. The van der Waals surface area contributed by atoms with E-state index in [1.807, 2.05) is 49.4 Å². The molecular formula is C27H23NO5. The lowest BCUT2D eigenvalue weighted by Crippen LogP contribution is -2.09. The van der Waals surface area contributed by atoms with Gasteiger partial charge in [-0.25, -0.2) is 4.79 Å². The molecule has 0 radical (unpaired) electrons. The van der Waals surface area contributed by atoms with Crippen LogP contribution in [0.3, 0.4) is 0 Å². The maximum absolute atomic E-state index is 12.6. The number of hydrogen-bond donors (Lipinski definition) is 1. The molecule has 0 spiro atoms. The van der Waals surface area contributed by atoms with Crippen LogP contribution in [0.5, 0.6) is 5.75 Å². The standard InChI is InChI=1S/C27H23NO5/c1-17(13-26(29)28-20-11-9-19(10-12-20)27(30)32-3)21-14-22-23(18-7-5-4-6-8-18)16-33-25(22)15-24(21)31-2/h4-16H,1-3H3,(H,28,29)/b17-13+. The van der Waals surface area contributed by atoms with Crippen molar-refractivity contribution in [1.29, 1.82) is 0 Å². The average molecular weight is 441 g/mol. The fraction of sp³-hybridized carbons (Fsp3) is 0.111. The van der Waals surface area contributed by atoms with E-state index in [4.69, 9.17) is 9.15 Å². The van der Waals surface area contributed by atoms with Gasteiger partial charge < -0.3 is 19.2 Å². The summed E-state index contributed by atoms with van der Waals surface area (Å²) in [4.78, 5) is 24.2. The van der Waals surface area contributed by atoms with Crippen LogP contribution in [-0.4, -0.2) is 26.1 Å². The van der Waals surface area contributed by atoms with Crippen molar-refractivity contribution >= 4 is 34.1 Å². The van der Waals surface area contributed by atoms with Gasteiger partial charge in [0.05, 0.1) is 26.0 Å². The quantitative estimate of drug-likeness (QED) is 0.296. The molecule has 1 heterocycles. The largest absolute Gasteiger partial charge is 0.496 e. The summed E-state index contributed by atoms with van der Waals surface area (Å²) >= 11 is 0. The van der Waals surface area contributed by atoms with Crippen LogP contribution in [0.15, 0.2) is 83.5 Å². The highest BCUT2D eigenvalue weighted by Crippen LogP contribution is 2.37. The number of esters is 1. The minimum absolute atomic E-state index is 0.295. The van der Waals surface area contributed by atoms with Crippen LogP contribution in [-0.2, 0) is 9.53 Å². The van der Waals surface area contributed by atoms with Gasteiger partial charge in [-0.1, -0.05) is 30.3 Å². The summed E-state index contributed by atoms with van der Waals surface area (Å²) in [5.41, 5.74) is 5.23. The number of carbonyl (C=O) groups excluding carboxylic acids is 2. The minimum Gasteiger partial charge on any atom is -0.496 e. The fourth-order valence-electron chi connectivity index (χ4n) is 3.63. The number of benzene rings is 3. The molecule has 0 bridgehead atoms. The zero-order valence-corrected chi connectivity index (χ0v) is 18.5. The second-order valence-electron chi connectivity index (χ2n) is 7.45. The van der Waals surface area contributed by atoms with Crippen LogP contribution < -0.4 is 10.1 Å². The van der Waals surface area contributed by atoms with Gasteiger partial charge in [0.2, 0.25) is 5.91 Å². The molecule has 33 heavy (non-hydrogen) atoms. The monoisotopic (exact) mass is 441 g/mol. The summed E-state index contributed by atoms with van der Waals surface area (Å²) in [6.07, 6.45) is 3.24. The number of amides is 1. The summed E-state index contributed by atoms with van der Waals surface area (Å²) in [5.74, 6) is -0.114. The van der Waals surface area contributed by atoms with Crippen molar-refractivity contribution in [2.24, 2.45) is 0 Å². The van der Waals surface area contributed by atoms with Gasteiger partial charge in [-0.3, -0.25) is 4.79 Å². The van der Waals surface area contributed by atoms with E-state index in [0.717, 1.165) is 27.6 Å². The van der Waals surface area contributed by atoms with Crippen molar-refractivity contribution in [3.05, 3.63) is 90.2 Å². The highest BCUT2D eigenvalue weighted by atomic mass is 16.5. The summed E-state index contributed by atoms with van der Waals surface area (Å²) in [6, 6.07) is 20.3. The number of ether oxygens (including phenoxy) is 2. The van der Waals surface area contributed by atoms with Gasteiger partial charge in [-0.2, -0.15) is 0 Å². The zero-order valence-electron chi connectivity index (χ0n) is 18.5. The molecule has 0 saturated heterocycles. The second-order valence-corrected chi connectivity index (χ2v) is 7.45. The fourth-order valence-corrected chi connectivity index (χ4v) is 3.63. The molecule has 0 aliphatic heterocycles. The van der Waals surface area contributed by atoms with E-state index >= 15 is 0 Å². The maximum atomic E-state index is 12.6. The second kappa shape index (κ2) is 9.44. The molecule has 4 aromatic rings. The molecule has 1 N–H and O–H groups in total. The van der Waals surface area contributed by atoms with Crippen LogP contribution in [0.25, 0.3) is 27.7 Å². The number of rotatable bonds is 6. The van der Waals surface area contributed by atoms with Gasteiger partial charge in [-0.05, 0) is 48.4 Å². The molecule has 0 unspecified atom stereocenters. The number of carbonyl (C=O) groups is 2. The van der Waals surface area contributed by atoms with E-state index in [1.54, 1.807) is 37.6 Å². The lowest BCUT2D eigenvalue weighted by Gasteiger charge is -2.10. The first-order valence-electron chi connectivity index (χ1n) is 10.3. The van der Waals surface area contributed by atoms with E-state index in [-0.39, 0.29) is 5.91 Å². The predicted octanol–water partition coefficient (Wildman–Crippen LogP) is 5.94. The Bertz CT molecular complexity index is 1330. The Labute approximate surface area is 191 Å². The van der Waals surface area contributed by atoms with Crippen molar-refractivity contribution in [2.75, 3.05) is 19.5 Å². The average Bonchev–Trinajstić information content (AvgIpc) is 3.26. The summed E-state index contributed by atoms with van der Waals surface area (Å²) in [5, 5.41) is 3.74. The topological polar surface area (TPSA) is 77.8 Å². The Hall–Kier alpha value is -4.32. The van der Waals surface area contributed by atoms with E-state index in [1.165, 1.54) is 13.2 Å². The van der Waals surface area contributed by atoms with Crippen LogP contribution in [0.1, 0.15) is 22.8 Å². The first kappa shape index (κ1) is 21.9. The number of fused-ring (bicyclic) bond motifs is 1. The number of nitrogens with one attached hydrogen (secondary N) is 1. The predicted molar refractivity (Wildman–Crippen MR) is 128 cm³/mol. The van der Waals surface area contributed by atoms with Crippen molar-refractivity contribution in [3.63, 3.8) is 0 Å². The Morgan fingerprint density at radius 1 is 0.970 bits per heavy atom. The molecule has 166 valence electrons. The van der Waals surface area contributed by atoms with Gasteiger partial charge in [0, 0.05) is 34.3 Å². The maximum Gasteiger partial charge on any atom is 0.337 e. The lowest BCUT2D eigenvalue weighted by atomic mass is 9.99. The van der Waals surface area contributed by atoms with Crippen molar-refractivity contribution in [1.82, 2.24) is 0 Å². The molecule has 6 nitrogen and oxygen atoms in total. The smallest absolute Gasteiger partial charge is 0.337 e. The summed E-state index contributed by atoms with van der Waals surface area (Å²) in [6.45, 7) is 1.85. The number of allylic oxidation sites excluding steroid dienone is 1. The minimum atomic E-state index is -0.430. The Morgan fingerprint density at radius 3 is 2.36 bits per heavy atom. The van der Waals surface area contributed by atoms with E-state index in [2.05, 4.69) is 10.1 Å². The van der Waals surface area contributed by atoms with Crippen LogP contribution in [0.4, 0.5) is 5.69 Å². The SMILES string of the molecule is COC(=O)c1ccc(NC(=O)/C=C(\C)c2cc3c(-c4ccccc4)coc3cc2OC)cc1. The molecule has 0 fully saturated rings. The Kier molecular flexibility index (Phi) is 6.26. The number of methoxy groups -OCH3 is 2. The summed E-state index contributed by atoms with van der Waals surface area (Å²) < 4.78 is 16.0. The van der Waals surface area contributed by atoms with Crippen LogP contribution in [0, 0.1) is 0 Å². The molecular weight excluding hydrogens is 418 g/mol. The first-order chi connectivity index (χ1) is 16.0. The third-order valence-corrected chi connectivity index (χ3v) is 5.33. The highest BCUT2D eigenvalue weighted by Gasteiger charge is 2.15. The number of furan rings is 1. The molecule has 6 heteroatoms. The van der Waals surface area contributed by atoms with Crippen LogP contribution >= 0.6 is 0 Å². The molecule has 3 aromatic carbocycles. The van der Waals surface area contributed by atoms with Crippen LogP contribution in [0.2, 0.25) is 0 Å². The number of anilines is 1. The first-order valence-corrected chi connectivity index (χ1v) is 10.3. The normalized spacial score (nSPS) is 11.3. The van der Waals surface area contributed by atoms with Gasteiger partial charge in [0.25, 0.3) is 0 Å². The third-order valence-electron chi connectivity index (χ3n) is 5.33. The van der Waals surface area contributed by atoms with Crippen molar-refractivity contribution in [3.8, 4) is 16.9 Å². The van der Waals surface area contributed by atoms with Gasteiger partial charge in [0.1, 0.15) is 11.3 Å². The summed E-state index contributed by atoms with van der Waals surface area (Å²) in [7, 11) is 2.91. The molecule has 0 atom stereocenters. The Balaban J connectivity index is 1.62. The zero-order chi connectivity index (χ0) is 23.4. The van der Waals surface area contributed by atoms with Crippen molar-refractivity contribution < 1.29 is 23.5 Å². The lowest BCUT2D eigenvalue weighted by molar-refractivity contribution is -0.111. The Morgan fingerprint density at radius 2 is 1.70 bits per heavy atom. The number of hydrogen-bond acceptors (Lipinski definition) is 5. The molecule has 1 aromatic heterocycles. The van der Waals surface area contributed by atoms with Crippen molar-refractivity contribution in [2.45, 2.75) is 6.92 Å². The molecule has 0 aliphatic rings. The van der Waals surface area contributed by atoms with E-state index < -0.39 is 5.97 Å². The van der Waals surface area contributed by atoms with Gasteiger partial charge in [0.15, 0.2) is 0 Å². The van der Waals surface area contributed by atoms with Gasteiger partial charge >= 0.3 is 5.97 Å². The molecule has 0 aliphatic carbocycles. The van der Waals surface area contributed by atoms with E-state index in [9.17, 15) is 9.59 Å². The van der Waals surface area contributed by atoms with Gasteiger partial charge in [-0.15, -0.1) is 0 Å². The molecule has 0 saturated carbocycles.